The van der Waals surface area contributed by atoms with Crippen LogP contribution in [0, 0.1) is 0 Å². The Morgan fingerprint density at radius 2 is 1.58 bits per heavy atom. The lowest BCUT2D eigenvalue weighted by molar-refractivity contribution is -0.152. The van der Waals surface area contributed by atoms with Crippen LogP contribution in [0.4, 0.5) is 0 Å². The fourth-order valence-electron chi connectivity index (χ4n) is 1.28. The lowest BCUT2D eigenvalue weighted by atomic mass is 10.4. The lowest BCUT2D eigenvalue weighted by Crippen LogP contribution is -2.30. The van der Waals surface area contributed by atoms with Gasteiger partial charge in [-0.15, -0.1) is 0 Å². The first kappa shape index (κ1) is 15.9. The minimum atomic E-state index is -1.01. The van der Waals surface area contributed by atoms with E-state index >= 15 is 0 Å². The van der Waals surface area contributed by atoms with Crippen molar-refractivity contribution < 1.29 is 19.1 Å². The second-order valence-electron chi connectivity index (χ2n) is 3.46. The van der Waals surface area contributed by atoms with Gasteiger partial charge in [0.2, 0.25) is 5.25 Å². The Balaban J connectivity index is 2.81. The van der Waals surface area contributed by atoms with E-state index in [0.717, 1.165) is 16.7 Å². The number of thioether (sulfide) groups is 1. The number of esters is 2. The summed E-state index contributed by atoms with van der Waals surface area (Å²) in [5.74, 6) is -1.19. The summed E-state index contributed by atoms with van der Waals surface area (Å²) < 4.78 is 9.76. The zero-order valence-corrected chi connectivity index (χ0v) is 12.3. The van der Waals surface area contributed by atoms with Gasteiger partial charge in [-0.2, -0.15) is 0 Å². The van der Waals surface area contributed by atoms with Crippen molar-refractivity contribution in [2.24, 2.45) is 0 Å². The molecule has 0 amide bonds. The quantitative estimate of drug-likeness (QED) is 0.459. The summed E-state index contributed by atoms with van der Waals surface area (Å²) in [7, 11) is 0. The first-order chi connectivity index (χ1) is 9.08. The summed E-state index contributed by atoms with van der Waals surface area (Å²) in [5, 5.41) is -0.422. The Hall–Kier alpha value is -1.20. The van der Waals surface area contributed by atoms with E-state index in [1.807, 2.05) is 0 Å². The van der Waals surface area contributed by atoms with Crippen molar-refractivity contribution >= 4 is 35.3 Å². The van der Waals surface area contributed by atoms with Crippen LogP contribution in [0.25, 0.3) is 0 Å². The Labute approximate surface area is 121 Å². The van der Waals surface area contributed by atoms with Gasteiger partial charge in [0.15, 0.2) is 0 Å². The van der Waals surface area contributed by atoms with Crippen LogP contribution in [-0.2, 0) is 19.1 Å². The van der Waals surface area contributed by atoms with E-state index in [1.165, 1.54) is 0 Å². The molecule has 1 aromatic carbocycles. The molecule has 0 heterocycles. The fraction of sp³-hybridized carbons (Fsp3) is 0.385. The smallest absolute Gasteiger partial charge is 0.331 e. The van der Waals surface area contributed by atoms with Crippen molar-refractivity contribution in [2.45, 2.75) is 24.0 Å². The molecule has 0 N–H and O–H groups in total. The summed E-state index contributed by atoms with van der Waals surface area (Å²) in [4.78, 5) is 24.3. The van der Waals surface area contributed by atoms with Gasteiger partial charge in [-0.25, -0.2) is 0 Å². The number of carbonyl (C=O) groups excluding carboxylic acids is 2. The average molecular weight is 303 g/mol. The number of benzene rings is 1. The van der Waals surface area contributed by atoms with Gasteiger partial charge < -0.3 is 9.47 Å². The summed E-state index contributed by atoms with van der Waals surface area (Å²) in [6.45, 7) is 3.81. The van der Waals surface area contributed by atoms with E-state index in [4.69, 9.17) is 21.1 Å². The summed E-state index contributed by atoms with van der Waals surface area (Å²) in [5.41, 5.74) is 0. The van der Waals surface area contributed by atoms with Crippen LogP contribution in [0.2, 0.25) is 5.02 Å². The molecule has 0 spiro atoms. The second kappa shape index (κ2) is 8.07. The van der Waals surface area contributed by atoms with Crippen molar-refractivity contribution in [3.8, 4) is 0 Å². The van der Waals surface area contributed by atoms with Gasteiger partial charge >= 0.3 is 11.9 Å². The standard InChI is InChI=1S/C13H15ClO4S/c1-3-17-12(15)11(13(16)18-4-2)19-10-7-5-9(14)6-8-10/h5-8,11H,3-4H2,1-2H3. The molecule has 0 aliphatic rings. The van der Waals surface area contributed by atoms with Crippen LogP contribution < -0.4 is 0 Å². The Morgan fingerprint density at radius 1 is 1.11 bits per heavy atom. The molecule has 0 atom stereocenters. The zero-order chi connectivity index (χ0) is 14.3. The molecule has 6 heteroatoms. The molecule has 0 unspecified atom stereocenters. The van der Waals surface area contributed by atoms with E-state index in [2.05, 4.69) is 0 Å². The van der Waals surface area contributed by atoms with Gasteiger partial charge in [-0.05, 0) is 38.1 Å². The highest BCUT2D eigenvalue weighted by atomic mass is 35.5. The van der Waals surface area contributed by atoms with E-state index in [1.54, 1.807) is 38.1 Å². The summed E-state index contributed by atoms with van der Waals surface area (Å²) in [6.07, 6.45) is 0. The third-order valence-electron chi connectivity index (χ3n) is 2.07. The average Bonchev–Trinajstić information content (AvgIpc) is 2.38. The molecule has 0 saturated carbocycles. The zero-order valence-electron chi connectivity index (χ0n) is 10.7. The topological polar surface area (TPSA) is 52.6 Å². The largest absolute Gasteiger partial charge is 0.465 e. The maximum atomic E-state index is 11.8. The van der Waals surface area contributed by atoms with E-state index < -0.39 is 17.2 Å². The SMILES string of the molecule is CCOC(=O)C(Sc1ccc(Cl)cc1)C(=O)OCC. The highest BCUT2D eigenvalue weighted by molar-refractivity contribution is 8.01. The molecule has 0 aliphatic carbocycles. The van der Waals surface area contributed by atoms with Crippen molar-refractivity contribution in [3.05, 3.63) is 29.3 Å². The second-order valence-corrected chi connectivity index (χ2v) is 5.07. The van der Waals surface area contributed by atoms with Crippen LogP contribution in [0.5, 0.6) is 0 Å². The predicted molar refractivity (Wildman–Crippen MR) is 74.4 cm³/mol. The molecule has 1 aromatic rings. The van der Waals surface area contributed by atoms with Gasteiger partial charge in [0.05, 0.1) is 13.2 Å². The Morgan fingerprint density at radius 3 is 2.00 bits per heavy atom. The first-order valence-electron chi connectivity index (χ1n) is 5.84. The fourth-order valence-corrected chi connectivity index (χ4v) is 2.30. The third-order valence-corrected chi connectivity index (χ3v) is 3.49. The predicted octanol–water partition coefficient (Wildman–Crippen LogP) is 2.93. The molecule has 0 bridgehead atoms. The van der Waals surface area contributed by atoms with Gasteiger partial charge in [-0.1, -0.05) is 23.4 Å². The molecule has 0 saturated heterocycles. The Bertz CT molecular complexity index is 415. The van der Waals surface area contributed by atoms with Crippen LogP contribution >= 0.6 is 23.4 Å². The minimum Gasteiger partial charge on any atom is -0.465 e. The number of hydrogen-bond donors (Lipinski definition) is 0. The van der Waals surface area contributed by atoms with E-state index in [-0.39, 0.29) is 13.2 Å². The summed E-state index contributed by atoms with van der Waals surface area (Å²) in [6, 6.07) is 6.85. The molecular weight excluding hydrogens is 288 g/mol. The van der Waals surface area contributed by atoms with Crippen molar-refractivity contribution in [1.82, 2.24) is 0 Å². The number of ether oxygens (including phenoxy) is 2. The third kappa shape index (κ3) is 5.12. The van der Waals surface area contributed by atoms with Crippen molar-refractivity contribution in [2.75, 3.05) is 13.2 Å². The van der Waals surface area contributed by atoms with Gasteiger partial charge in [0.25, 0.3) is 0 Å². The van der Waals surface area contributed by atoms with Gasteiger partial charge in [-0.3, -0.25) is 9.59 Å². The first-order valence-corrected chi connectivity index (χ1v) is 7.09. The number of halogens is 1. The van der Waals surface area contributed by atoms with Crippen molar-refractivity contribution in [3.63, 3.8) is 0 Å². The number of carbonyl (C=O) groups is 2. The van der Waals surface area contributed by atoms with Crippen LogP contribution in [0.1, 0.15) is 13.8 Å². The highest BCUT2D eigenvalue weighted by Crippen LogP contribution is 2.26. The van der Waals surface area contributed by atoms with E-state index in [9.17, 15) is 9.59 Å². The van der Waals surface area contributed by atoms with Crippen LogP contribution in [0.15, 0.2) is 29.2 Å². The molecule has 0 radical (unpaired) electrons. The van der Waals surface area contributed by atoms with Gasteiger partial charge in [0.1, 0.15) is 0 Å². The van der Waals surface area contributed by atoms with Crippen molar-refractivity contribution in [1.29, 1.82) is 0 Å². The van der Waals surface area contributed by atoms with Gasteiger partial charge in [0, 0.05) is 9.92 Å². The molecule has 19 heavy (non-hydrogen) atoms. The molecule has 4 nitrogen and oxygen atoms in total. The maximum Gasteiger partial charge on any atom is 0.331 e. The highest BCUT2D eigenvalue weighted by Gasteiger charge is 2.30. The molecule has 0 aliphatic heterocycles. The summed E-state index contributed by atoms with van der Waals surface area (Å²) >= 11 is 6.87. The molecular formula is C13H15ClO4S. The van der Waals surface area contributed by atoms with Crippen LogP contribution in [0.3, 0.4) is 0 Å². The minimum absolute atomic E-state index is 0.218. The molecule has 0 fully saturated rings. The van der Waals surface area contributed by atoms with E-state index in [0.29, 0.717) is 5.02 Å². The lowest BCUT2D eigenvalue weighted by Gasteiger charge is -2.13. The number of rotatable bonds is 6. The molecule has 0 aromatic heterocycles. The maximum absolute atomic E-state index is 11.8. The Kier molecular flexibility index (Phi) is 6.73. The normalized spacial score (nSPS) is 10.3. The molecule has 1 rings (SSSR count). The van der Waals surface area contributed by atoms with Crippen LogP contribution in [-0.4, -0.2) is 30.4 Å². The molecule has 104 valence electrons. The monoisotopic (exact) mass is 302 g/mol. The number of hydrogen-bond acceptors (Lipinski definition) is 5.